The Balaban J connectivity index is 2.25. The van der Waals surface area contributed by atoms with Gasteiger partial charge in [-0.2, -0.15) is 0 Å². The molecular formula is C17H27N3O3. The largest absolute Gasteiger partial charge is 0.381 e. The molecule has 0 aromatic heterocycles. The Morgan fingerprint density at radius 2 is 1.78 bits per heavy atom. The first-order valence-corrected chi connectivity index (χ1v) is 8.01. The van der Waals surface area contributed by atoms with Crippen LogP contribution < -0.4 is 15.5 Å². The Morgan fingerprint density at radius 3 is 2.39 bits per heavy atom. The smallest absolute Gasteiger partial charge is 0.319 e. The molecule has 0 bridgehead atoms. The van der Waals surface area contributed by atoms with E-state index in [-0.39, 0.29) is 11.9 Å². The van der Waals surface area contributed by atoms with Crippen LogP contribution in [0.2, 0.25) is 0 Å². The van der Waals surface area contributed by atoms with Gasteiger partial charge in [-0.25, -0.2) is 4.79 Å². The maximum atomic E-state index is 11.7. The summed E-state index contributed by atoms with van der Waals surface area (Å²) in [6.45, 7) is 5.64. The number of unbranched alkanes of at least 4 members (excludes halogenated alkanes) is 1. The van der Waals surface area contributed by atoms with E-state index < -0.39 is 0 Å². The summed E-state index contributed by atoms with van der Waals surface area (Å²) in [5.74, 6) is -0.0374. The van der Waals surface area contributed by atoms with E-state index >= 15 is 0 Å². The summed E-state index contributed by atoms with van der Waals surface area (Å²) in [4.78, 5) is 24.6. The van der Waals surface area contributed by atoms with Gasteiger partial charge in [0.2, 0.25) is 5.91 Å². The number of carbonyl (C=O) groups is 2. The first-order chi connectivity index (χ1) is 11.0. The molecule has 0 radical (unpaired) electrons. The minimum absolute atomic E-state index is 0.0374. The summed E-state index contributed by atoms with van der Waals surface area (Å²) < 4.78 is 5.43. The van der Waals surface area contributed by atoms with E-state index in [1.165, 1.54) is 6.92 Å². The van der Waals surface area contributed by atoms with Crippen molar-refractivity contribution in [2.45, 2.75) is 33.1 Å². The third kappa shape index (κ3) is 7.65. The molecule has 6 nitrogen and oxygen atoms in total. The average molecular weight is 321 g/mol. The monoisotopic (exact) mass is 321 g/mol. The zero-order valence-corrected chi connectivity index (χ0v) is 14.2. The molecule has 1 rings (SSSR count). The van der Waals surface area contributed by atoms with Crippen LogP contribution in [-0.4, -0.2) is 38.7 Å². The van der Waals surface area contributed by atoms with Gasteiger partial charge >= 0.3 is 6.03 Å². The highest BCUT2D eigenvalue weighted by Gasteiger charge is 2.06. The predicted molar refractivity (Wildman–Crippen MR) is 92.9 cm³/mol. The maximum Gasteiger partial charge on any atom is 0.319 e. The molecule has 0 saturated heterocycles. The lowest BCUT2D eigenvalue weighted by molar-refractivity contribution is -0.116. The molecule has 3 amide bonds. The standard InChI is InChI=1S/C17H27N3O3/c1-4-5-12-23-13-6-11-18-17(22)19-15-7-9-16(10-8-15)20(3)14(2)21/h7-10H,4-6,11-13H2,1-3H3,(H2,18,19,22). The zero-order valence-electron chi connectivity index (χ0n) is 14.2. The van der Waals surface area contributed by atoms with Crippen molar-refractivity contribution in [2.24, 2.45) is 0 Å². The quantitative estimate of drug-likeness (QED) is 0.687. The lowest BCUT2D eigenvalue weighted by Gasteiger charge is -2.15. The fourth-order valence-corrected chi connectivity index (χ4v) is 1.85. The van der Waals surface area contributed by atoms with Gasteiger partial charge in [0.05, 0.1) is 0 Å². The number of amides is 3. The summed E-state index contributed by atoms with van der Waals surface area (Å²) in [5, 5.41) is 5.54. The fraction of sp³-hybridized carbons (Fsp3) is 0.529. The normalized spacial score (nSPS) is 10.2. The highest BCUT2D eigenvalue weighted by molar-refractivity contribution is 5.92. The molecule has 0 aliphatic rings. The molecule has 0 aliphatic heterocycles. The van der Waals surface area contributed by atoms with Crippen molar-refractivity contribution in [3.63, 3.8) is 0 Å². The van der Waals surface area contributed by atoms with Crippen LogP contribution in [-0.2, 0) is 9.53 Å². The minimum atomic E-state index is -0.244. The minimum Gasteiger partial charge on any atom is -0.381 e. The molecule has 0 atom stereocenters. The van der Waals surface area contributed by atoms with Gasteiger partial charge in [0.15, 0.2) is 0 Å². The molecule has 6 heteroatoms. The number of benzene rings is 1. The predicted octanol–water partition coefficient (Wildman–Crippen LogP) is 3.00. The SMILES string of the molecule is CCCCOCCCNC(=O)Nc1ccc(N(C)C(C)=O)cc1. The number of carbonyl (C=O) groups excluding carboxylic acids is 2. The molecule has 128 valence electrons. The van der Waals surface area contributed by atoms with E-state index in [0.717, 1.165) is 31.6 Å². The third-order valence-electron chi connectivity index (χ3n) is 3.38. The molecule has 1 aromatic rings. The van der Waals surface area contributed by atoms with Crippen molar-refractivity contribution >= 4 is 23.3 Å². The number of nitrogens with zero attached hydrogens (tertiary/aromatic N) is 1. The van der Waals surface area contributed by atoms with Crippen molar-refractivity contribution in [2.75, 3.05) is 37.0 Å². The molecule has 2 N–H and O–H groups in total. The Morgan fingerprint density at radius 1 is 1.13 bits per heavy atom. The van der Waals surface area contributed by atoms with Crippen LogP contribution in [0.15, 0.2) is 24.3 Å². The van der Waals surface area contributed by atoms with E-state index in [4.69, 9.17) is 4.74 Å². The molecule has 1 aromatic carbocycles. The van der Waals surface area contributed by atoms with E-state index in [1.807, 2.05) is 0 Å². The number of nitrogens with one attached hydrogen (secondary N) is 2. The molecule has 0 saturated carbocycles. The van der Waals surface area contributed by atoms with Gasteiger partial charge < -0.3 is 20.3 Å². The second-order valence-corrected chi connectivity index (χ2v) is 5.33. The van der Waals surface area contributed by atoms with E-state index in [2.05, 4.69) is 17.6 Å². The van der Waals surface area contributed by atoms with Gasteiger partial charge in [0, 0.05) is 45.1 Å². The molecule has 0 aliphatic carbocycles. The van der Waals surface area contributed by atoms with Gasteiger partial charge in [0.1, 0.15) is 0 Å². The number of hydrogen-bond donors (Lipinski definition) is 2. The number of hydrogen-bond acceptors (Lipinski definition) is 3. The molecule has 0 heterocycles. The van der Waals surface area contributed by atoms with Gasteiger partial charge in [-0.1, -0.05) is 13.3 Å². The summed E-state index contributed by atoms with van der Waals surface area (Å²) in [5.41, 5.74) is 1.47. The Labute approximate surface area is 138 Å². The summed E-state index contributed by atoms with van der Waals surface area (Å²) >= 11 is 0. The number of anilines is 2. The van der Waals surface area contributed by atoms with Crippen molar-refractivity contribution in [3.05, 3.63) is 24.3 Å². The summed E-state index contributed by atoms with van der Waals surface area (Å²) in [6.07, 6.45) is 2.99. The molecule has 23 heavy (non-hydrogen) atoms. The topological polar surface area (TPSA) is 70.7 Å². The number of rotatable bonds is 9. The lowest BCUT2D eigenvalue weighted by Crippen LogP contribution is -2.30. The zero-order chi connectivity index (χ0) is 17.1. The van der Waals surface area contributed by atoms with Crippen LogP contribution in [0.5, 0.6) is 0 Å². The number of urea groups is 1. The van der Waals surface area contributed by atoms with Gasteiger partial charge in [0.25, 0.3) is 0 Å². The Kier molecular flexibility index (Phi) is 8.75. The highest BCUT2D eigenvalue weighted by Crippen LogP contribution is 2.16. The third-order valence-corrected chi connectivity index (χ3v) is 3.38. The van der Waals surface area contributed by atoms with Gasteiger partial charge in [-0.05, 0) is 37.1 Å². The van der Waals surface area contributed by atoms with Crippen LogP contribution in [0.25, 0.3) is 0 Å². The second kappa shape index (κ2) is 10.6. The fourth-order valence-electron chi connectivity index (χ4n) is 1.85. The van der Waals surface area contributed by atoms with E-state index in [0.29, 0.717) is 18.8 Å². The van der Waals surface area contributed by atoms with E-state index in [1.54, 1.807) is 36.2 Å². The molecule has 0 fully saturated rings. The van der Waals surface area contributed by atoms with Crippen molar-refractivity contribution in [1.29, 1.82) is 0 Å². The van der Waals surface area contributed by atoms with Crippen LogP contribution in [0, 0.1) is 0 Å². The molecule has 0 unspecified atom stereocenters. The summed E-state index contributed by atoms with van der Waals surface area (Å²) in [6, 6.07) is 6.87. The van der Waals surface area contributed by atoms with Crippen molar-refractivity contribution < 1.29 is 14.3 Å². The van der Waals surface area contributed by atoms with Crippen LogP contribution in [0.3, 0.4) is 0 Å². The molecule has 0 spiro atoms. The Hall–Kier alpha value is -2.08. The van der Waals surface area contributed by atoms with Crippen LogP contribution in [0.1, 0.15) is 33.1 Å². The Bertz CT molecular complexity index is 488. The first-order valence-electron chi connectivity index (χ1n) is 8.01. The van der Waals surface area contributed by atoms with Crippen molar-refractivity contribution in [1.82, 2.24) is 5.32 Å². The van der Waals surface area contributed by atoms with Crippen molar-refractivity contribution in [3.8, 4) is 0 Å². The van der Waals surface area contributed by atoms with Gasteiger partial charge in [-0.3, -0.25) is 4.79 Å². The lowest BCUT2D eigenvalue weighted by atomic mass is 10.2. The number of ether oxygens (including phenoxy) is 1. The van der Waals surface area contributed by atoms with E-state index in [9.17, 15) is 9.59 Å². The molecular weight excluding hydrogens is 294 g/mol. The maximum absolute atomic E-state index is 11.7. The van der Waals surface area contributed by atoms with Gasteiger partial charge in [-0.15, -0.1) is 0 Å². The first kappa shape index (κ1) is 19.0. The average Bonchev–Trinajstić information content (AvgIpc) is 2.54. The van der Waals surface area contributed by atoms with Crippen LogP contribution in [0.4, 0.5) is 16.2 Å². The summed E-state index contributed by atoms with van der Waals surface area (Å²) in [7, 11) is 1.71. The second-order valence-electron chi connectivity index (χ2n) is 5.33. The highest BCUT2D eigenvalue weighted by atomic mass is 16.5. The van der Waals surface area contributed by atoms with Crippen LogP contribution >= 0.6 is 0 Å².